The summed E-state index contributed by atoms with van der Waals surface area (Å²) < 4.78 is 32.3. The second kappa shape index (κ2) is 7.92. The average Bonchev–Trinajstić information content (AvgIpc) is 2.45. The van der Waals surface area contributed by atoms with E-state index < -0.39 is 16.1 Å². The fourth-order valence-electron chi connectivity index (χ4n) is 2.32. The zero-order valence-corrected chi connectivity index (χ0v) is 12.9. The summed E-state index contributed by atoms with van der Waals surface area (Å²) in [5.41, 5.74) is 0. The summed E-state index contributed by atoms with van der Waals surface area (Å²) in [6.45, 7) is 4.46. The second-order valence-electron chi connectivity index (χ2n) is 4.67. The maximum absolute atomic E-state index is 12.4. The standard InChI is InChI=1S/C12H24N2O5S/c1-3-13(8-9-15)20(17,18)14-7-5-6-11(10-14)12(16)19-4-2/h11,15H,3-10H2,1-2H3. The molecule has 0 aromatic rings. The SMILES string of the molecule is CCOC(=O)C1CCCN(S(=O)(=O)N(CC)CCO)C1. The highest BCUT2D eigenvalue weighted by molar-refractivity contribution is 7.86. The molecule has 1 heterocycles. The lowest BCUT2D eigenvalue weighted by Crippen LogP contribution is -2.49. The highest BCUT2D eigenvalue weighted by Gasteiger charge is 2.35. The van der Waals surface area contributed by atoms with Gasteiger partial charge in [-0.25, -0.2) is 0 Å². The molecule has 1 rings (SSSR count). The Hall–Kier alpha value is -0.700. The predicted molar refractivity (Wildman–Crippen MR) is 74.2 cm³/mol. The van der Waals surface area contributed by atoms with Crippen molar-refractivity contribution >= 4 is 16.2 Å². The number of hydrogen-bond acceptors (Lipinski definition) is 5. The highest BCUT2D eigenvalue weighted by Crippen LogP contribution is 2.22. The van der Waals surface area contributed by atoms with Crippen LogP contribution in [0.25, 0.3) is 0 Å². The van der Waals surface area contributed by atoms with Crippen LogP contribution in [0.15, 0.2) is 0 Å². The number of piperidine rings is 1. The first-order chi connectivity index (χ1) is 9.47. The molecule has 1 unspecified atom stereocenters. The quantitative estimate of drug-likeness (QED) is 0.659. The molecule has 0 saturated carbocycles. The van der Waals surface area contributed by atoms with Gasteiger partial charge in [-0.05, 0) is 19.8 Å². The van der Waals surface area contributed by atoms with Crippen molar-refractivity contribution in [2.75, 3.05) is 39.4 Å². The van der Waals surface area contributed by atoms with Crippen LogP contribution in [-0.4, -0.2) is 67.5 Å². The van der Waals surface area contributed by atoms with Gasteiger partial charge in [-0.1, -0.05) is 6.92 Å². The average molecular weight is 308 g/mol. The van der Waals surface area contributed by atoms with Crippen molar-refractivity contribution in [1.29, 1.82) is 0 Å². The van der Waals surface area contributed by atoms with Crippen LogP contribution in [0.4, 0.5) is 0 Å². The lowest BCUT2D eigenvalue weighted by Gasteiger charge is -2.34. The van der Waals surface area contributed by atoms with Gasteiger partial charge in [-0.2, -0.15) is 17.0 Å². The second-order valence-corrected chi connectivity index (χ2v) is 6.60. The van der Waals surface area contributed by atoms with Gasteiger partial charge in [0, 0.05) is 26.2 Å². The molecule has 8 heteroatoms. The summed E-state index contributed by atoms with van der Waals surface area (Å²) in [5, 5.41) is 8.94. The Morgan fingerprint density at radius 3 is 2.70 bits per heavy atom. The van der Waals surface area contributed by atoms with E-state index in [1.54, 1.807) is 13.8 Å². The first-order valence-electron chi connectivity index (χ1n) is 7.00. The molecule has 118 valence electrons. The number of carbonyl (C=O) groups excluding carboxylic acids is 1. The molecular formula is C12H24N2O5S. The van der Waals surface area contributed by atoms with E-state index in [1.807, 2.05) is 0 Å². The van der Waals surface area contributed by atoms with Crippen molar-refractivity contribution in [3.63, 3.8) is 0 Å². The van der Waals surface area contributed by atoms with E-state index >= 15 is 0 Å². The van der Waals surface area contributed by atoms with Gasteiger partial charge in [0.15, 0.2) is 0 Å². The fourth-order valence-corrected chi connectivity index (χ4v) is 4.01. The van der Waals surface area contributed by atoms with Gasteiger partial charge in [0.2, 0.25) is 0 Å². The van der Waals surface area contributed by atoms with Crippen molar-refractivity contribution in [2.24, 2.45) is 5.92 Å². The van der Waals surface area contributed by atoms with Gasteiger partial charge < -0.3 is 9.84 Å². The number of esters is 1. The van der Waals surface area contributed by atoms with Crippen LogP contribution in [0.5, 0.6) is 0 Å². The zero-order valence-electron chi connectivity index (χ0n) is 12.1. The van der Waals surface area contributed by atoms with E-state index in [1.165, 1.54) is 8.61 Å². The Morgan fingerprint density at radius 2 is 2.15 bits per heavy atom. The number of hydrogen-bond donors (Lipinski definition) is 1. The van der Waals surface area contributed by atoms with Crippen LogP contribution in [0.3, 0.4) is 0 Å². The topological polar surface area (TPSA) is 87.2 Å². The Balaban J connectivity index is 2.77. The van der Waals surface area contributed by atoms with E-state index in [0.29, 0.717) is 32.5 Å². The minimum Gasteiger partial charge on any atom is -0.466 e. The number of likely N-dealkylation sites (N-methyl/N-ethyl adjacent to an activating group) is 1. The first kappa shape index (κ1) is 17.4. The Labute approximate surface area is 120 Å². The van der Waals surface area contributed by atoms with Gasteiger partial charge in [-0.15, -0.1) is 0 Å². The van der Waals surface area contributed by atoms with Crippen molar-refractivity contribution < 1.29 is 23.1 Å². The van der Waals surface area contributed by atoms with E-state index in [4.69, 9.17) is 9.84 Å². The van der Waals surface area contributed by atoms with Crippen molar-refractivity contribution in [1.82, 2.24) is 8.61 Å². The summed E-state index contributed by atoms with van der Waals surface area (Å²) in [7, 11) is -3.62. The zero-order chi connectivity index (χ0) is 15.2. The maximum Gasteiger partial charge on any atom is 0.310 e. The lowest BCUT2D eigenvalue weighted by molar-refractivity contribution is -0.149. The van der Waals surface area contributed by atoms with Gasteiger partial charge in [0.1, 0.15) is 0 Å². The summed E-state index contributed by atoms with van der Waals surface area (Å²) in [6, 6.07) is 0. The van der Waals surface area contributed by atoms with Crippen LogP contribution in [0, 0.1) is 5.92 Å². The first-order valence-corrected chi connectivity index (χ1v) is 8.39. The Bertz CT molecular complexity index is 412. The maximum atomic E-state index is 12.4. The molecule has 20 heavy (non-hydrogen) atoms. The molecule has 1 aliphatic rings. The third-order valence-corrected chi connectivity index (χ3v) is 5.44. The van der Waals surface area contributed by atoms with E-state index in [2.05, 4.69) is 0 Å². The third-order valence-electron chi connectivity index (χ3n) is 3.36. The minimum atomic E-state index is -3.62. The van der Waals surface area contributed by atoms with Crippen molar-refractivity contribution in [3.8, 4) is 0 Å². The molecular weight excluding hydrogens is 284 g/mol. The molecule has 0 aromatic heterocycles. The molecule has 7 nitrogen and oxygen atoms in total. The van der Waals surface area contributed by atoms with Crippen molar-refractivity contribution in [3.05, 3.63) is 0 Å². The summed E-state index contributed by atoms with van der Waals surface area (Å²) >= 11 is 0. The largest absolute Gasteiger partial charge is 0.466 e. The van der Waals surface area contributed by atoms with Gasteiger partial charge >= 0.3 is 5.97 Å². The molecule has 0 amide bonds. The number of rotatable bonds is 7. The normalized spacial score (nSPS) is 21.1. The van der Waals surface area contributed by atoms with Crippen LogP contribution in [0.2, 0.25) is 0 Å². The minimum absolute atomic E-state index is 0.0689. The summed E-state index contributed by atoms with van der Waals surface area (Å²) in [6.07, 6.45) is 1.29. The highest BCUT2D eigenvalue weighted by atomic mass is 32.2. The molecule has 0 aromatic carbocycles. The van der Waals surface area contributed by atoms with Crippen LogP contribution in [-0.2, 0) is 19.7 Å². The molecule has 0 aliphatic carbocycles. The van der Waals surface area contributed by atoms with E-state index in [0.717, 1.165) is 0 Å². The van der Waals surface area contributed by atoms with Crippen LogP contribution in [0.1, 0.15) is 26.7 Å². The third kappa shape index (κ3) is 4.15. The van der Waals surface area contributed by atoms with Gasteiger partial charge in [-0.3, -0.25) is 4.79 Å². The van der Waals surface area contributed by atoms with Crippen LogP contribution >= 0.6 is 0 Å². The summed E-state index contributed by atoms with van der Waals surface area (Å²) in [4.78, 5) is 11.7. The molecule has 0 bridgehead atoms. The van der Waals surface area contributed by atoms with Crippen LogP contribution < -0.4 is 0 Å². The lowest BCUT2D eigenvalue weighted by atomic mass is 10.0. The molecule has 1 aliphatic heterocycles. The molecule has 0 radical (unpaired) electrons. The van der Waals surface area contributed by atoms with Gasteiger partial charge in [0.25, 0.3) is 10.2 Å². The fraction of sp³-hybridized carbons (Fsp3) is 0.917. The number of aliphatic hydroxyl groups excluding tert-OH is 1. The number of ether oxygens (including phenoxy) is 1. The smallest absolute Gasteiger partial charge is 0.310 e. The molecule has 1 saturated heterocycles. The van der Waals surface area contributed by atoms with E-state index in [-0.39, 0.29) is 25.7 Å². The molecule has 0 spiro atoms. The molecule has 1 N–H and O–H groups in total. The van der Waals surface area contributed by atoms with Gasteiger partial charge in [0.05, 0.1) is 19.1 Å². The monoisotopic (exact) mass is 308 g/mol. The Kier molecular flexibility index (Phi) is 6.87. The summed E-state index contributed by atoms with van der Waals surface area (Å²) in [5.74, 6) is -0.732. The molecule has 1 atom stereocenters. The molecule has 1 fully saturated rings. The number of nitrogens with zero attached hydrogens (tertiary/aromatic N) is 2. The number of carbonyl (C=O) groups is 1. The number of aliphatic hydroxyl groups is 1. The predicted octanol–water partition coefficient (Wildman–Crippen LogP) is -0.179. The van der Waals surface area contributed by atoms with E-state index in [9.17, 15) is 13.2 Å². The van der Waals surface area contributed by atoms with Crippen molar-refractivity contribution in [2.45, 2.75) is 26.7 Å². The Morgan fingerprint density at radius 1 is 1.45 bits per heavy atom.